The zero-order valence-corrected chi connectivity index (χ0v) is 16.0. The fraction of sp³-hybridized carbons (Fsp3) is 0.125. The second kappa shape index (κ2) is 9.05. The highest BCUT2D eigenvalue weighted by molar-refractivity contribution is 7.99. The second-order valence-electron chi connectivity index (χ2n) is 5.13. The van der Waals surface area contributed by atoms with Crippen molar-refractivity contribution in [2.75, 3.05) is 29.4 Å². The third-order valence-corrected chi connectivity index (χ3v) is 5.00. The van der Waals surface area contributed by atoms with Gasteiger partial charge in [0.15, 0.2) is 0 Å². The van der Waals surface area contributed by atoms with Gasteiger partial charge in [-0.25, -0.2) is 10.1 Å². The number of nitrogens with two attached hydrogens (primary N) is 1. The molecular weight excluding hydrogens is 386 g/mol. The van der Waals surface area contributed by atoms with Crippen LogP contribution in [-0.4, -0.2) is 39.9 Å². The van der Waals surface area contributed by atoms with Gasteiger partial charge in [-0.2, -0.15) is 5.10 Å². The molecule has 0 bridgehead atoms. The van der Waals surface area contributed by atoms with Crippen molar-refractivity contribution in [1.82, 2.24) is 14.9 Å². The van der Waals surface area contributed by atoms with Crippen LogP contribution in [0.25, 0.3) is 0 Å². The molecule has 27 heavy (non-hydrogen) atoms. The van der Waals surface area contributed by atoms with E-state index in [4.69, 9.17) is 10.6 Å². The topological polar surface area (TPSA) is 119 Å². The standard InChI is InChI=1S/C16H17N7O2S2/c1-25-12-5-2-4-11(8-12)19-14(24)10-27-16-22-21-15(23(16)17)20-18-9-13-6-3-7-26-13/h2-9H,10,17H2,1H3,(H,19,24)(H,20,21)/b18-9+. The summed E-state index contributed by atoms with van der Waals surface area (Å²) in [5.41, 5.74) is 3.38. The predicted molar refractivity (Wildman–Crippen MR) is 108 cm³/mol. The van der Waals surface area contributed by atoms with E-state index in [9.17, 15) is 4.79 Å². The number of benzene rings is 1. The van der Waals surface area contributed by atoms with Gasteiger partial charge in [-0.15, -0.1) is 21.5 Å². The van der Waals surface area contributed by atoms with E-state index >= 15 is 0 Å². The SMILES string of the molecule is COc1cccc(NC(=O)CSc2nnc(N/N=C/c3cccs3)n2N)c1. The quantitative estimate of drug-likeness (QED) is 0.228. The van der Waals surface area contributed by atoms with Crippen LogP contribution >= 0.6 is 23.1 Å². The van der Waals surface area contributed by atoms with Gasteiger partial charge in [0.2, 0.25) is 11.1 Å². The van der Waals surface area contributed by atoms with Gasteiger partial charge >= 0.3 is 0 Å². The van der Waals surface area contributed by atoms with E-state index in [2.05, 4.69) is 26.0 Å². The molecule has 4 N–H and O–H groups in total. The molecule has 0 saturated heterocycles. The van der Waals surface area contributed by atoms with Gasteiger partial charge in [0, 0.05) is 16.6 Å². The summed E-state index contributed by atoms with van der Waals surface area (Å²) in [6, 6.07) is 11.0. The van der Waals surface area contributed by atoms with Crippen molar-refractivity contribution < 1.29 is 9.53 Å². The summed E-state index contributed by atoms with van der Waals surface area (Å²) >= 11 is 2.73. The lowest BCUT2D eigenvalue weighted by molar-refractivity contribution is -0.113. The normalized spacial score (nSPS) is 10.9. The van der Waals surface area contributed by atoms with Gasteiger partial charge in [-0.1, -0.05) is 23.9 Å². The molecule has 1 aromatic carbocycles. The minimum absolute atomic E-state index is 0.130. The zero-order chi connectivity index (χ0) is 19.1. The summed E-state index contributed by atoms with van der Waals surface area (Å²) in [7, 11) is 1.57. The molecule has 0 spiro atoms. The third kappa shape index (κ3) is 5.21. The molecule has 0 aliphatic rings. The van der Waals surface area contributed by atoms with Crippen LogP contribution < -0.4 is 21.3 Å². The molecular formula is C16H17N7O2S2. The molecule has 0 fully saturated rings. The molecule has 0 unspecified atom stereocenters. The van der Waals surface area contributed by atoms with Gasteiger partial charge in [-0.3, -0.25) is 4.79 Å². The van der Waals surface area contributed by atoms with Crippen LogP contribution in [-0.2, 0) is 4.79 Å². The van der Waals surface area contributed by atoms with Gasteiger partial charge in [0.05, 0.1) is 19.1 Å². The van der Waals surface area contributed by atoms with Crippen LogP contribution in [0.15, 0.2) is 52.0 Å². The Labute approximate surface area is 163 Å². The molecule has 140 valence electrons. The smallest absolute Gasteiger partial charge is 0.264 e. The van der Waals surface area contributed by atoms with E-state index in [0.717, 1.165) is 4.88 Å². The number of carbonyl (C=O) groups is 1. The zero-order valence-electron chi connectivity index (χ0n) is 14.3. The van der Waals surface area contributed by atoms with Gasteiger partial charge in [0.25, 0.3) is 5.95 Å². The summed E-state index contributed by atoms with van der Waals surface area (Å²) in [5, 5.41) is 17.1. The Hall–Kier alpha value is -3.05. The predicted octanol–water partition coefficient (Wildman–Crippen LogP) is 2.24. The van der Waals surface area contributed by atoms with Crippen LogP contribution in [0.2, 0.25) is 0 Å². The maximum atomic E-state index is 12.1. The molecule has 0 atom stereocenters. The third-order valence-electron chi connectivity index (χ3n) is 3.25. The highest BCUT2D eigenvalue weighted by Crippen LogP contribution is 2.19. The summed E-state index contributed by atoms with van der Waals surface area (Å²) in [5.74, 6) is 6.81. The van der Waals surface area contributed by atoms with Crippen LogP contribution in [0, 0.1) is 0 Å². The number of nitrogens with one attached hydrogen (secondary N) is 2. The number of amides is 1. The van der Waals surface area contributed by atoms with Crippen LogP contribution in [0.4, 0.5) is 11.6 Å². The molecule has 0 radical (unpaired) electrons. The lowest BCUT2D eigenvalue weighted by Gasteiger charge is -2.06. The van der Waals surface area contributed by atoms with Crippen LogP contribution in [0.3, 0.4) is 0 Å². The number of ether oxygens (including phenoxy) is 1. The van der Waals surface area contributed by atoms with E-state index < -0.39 is 0 Å². The van der Waals surface area contributed by atoms with E-state index in [1.165, 1.54) is 16.4 Å². The van der Waals surface area contributed by atoms with Gasteiger partial charge in [-0.05, 0) is 23.6 Å². The monoisotopic (exact) mass is 403 g/mol. The first-order chi connectivity index (χ1) is 13.2. The van der Waals surface area contributed by atoms with Crippen molar-refractivity contribution in [3.05, 3.63) is 46.7 Å². The summed E-state index contributed by atoms with van der Waals surface area (Å²) < 4.78 is 6.37. The van der Waals surface area contributed by atoms with Crippen LogP contribution in [0.1, 0.15) is 4.88 Å². The van der Waals surface area contributed by atoms with Crippen molar-refractivity contribution in [1.29, 1.82) is 0 Å². The van der Waals surface area contributed by atoms with Crippen molar-refractivity contribution in [3.63, 3.8) is 0 Å². The number of carbonyl (C=O) groups excluding carboxylic acids is 1. The number of hydrogen-bond acceptors (Lipinski definition) is 9. The van der Waals surface area contributed by atoms with Crippen molar-refractivity contribution in [3.8, 4) is 5.75 Å². The highest BCUT2D eigenvalue weighted by Gasteiger charge is 2.12. The van der Waals surface area contributed by atoms with Crippen LogP contribution in [0.5, 0.6) is 5.75 Å². The number of nitrogen functional groups attached to an aromatic ring is 1. The second-order valence-corrected chi connectivity index (χ2v) is 7.05. The minimum atomic E-state index is -0.193. The molecule has 2 aromatic heterocycles. The number of hydrogen-bond donors (Lipinski definition) is 3. The first-order valence-electron chi connectivity index (χ1n) is 7.75. The number of rotatable bonds is 8. The molecule has 0 aliphatic heterocycles. The molecule has 9 nitrogen and oxygen atoms in total. The van der Waals surface area contributed by atoms with Crippen molar-refractivity contribution >= 4 is 46.9 Å². The Morgan fingerprint density at radius 1 is 1.41 bits per heavy atom. The number of methoxy groups -OCH3 is 1. The molecule has 2 heterocycles. The Bertz CT molecular complexity index is 925. The Balaban J connectivity index is 1.52. The average Bonchev–Trinajstić information content (AvgIpc) is 3.31. The van der Waals surface area contributed by atoms with E-state index in [-0.39, 0.29) is 17.6 Å². The number of aromatic nitrogens is 3. The number of nitrogens with zero attached hydrogens (tertiary/aromatic N) is 4. The van der Waals surface area contributed by atoms with Crippen molar-refractivity contribution in [2.45, 2.75) is 5.16 Å². The number of anilines is 2. The van der Waals surface area contributed by atoms with E-state index in [1.807, 2.05) is 17.5 Å². The Morgan fingerprint density at radius 3 is 3.07 bits per heavy atom. The summed E-state index contributed by atoms with van der Waals surface area (Å²) in [4.78, 5) is 13.1. The van der Waals surface area contributed by atoms with Crippen molar-refractivity contribution in [2.24, 2.45) is 5.10 Å². The maximum Gasteiger partial charge on any atom is 0.264 e. The van der Waals surface area contributed by atoms with Gasteiger partial charge in [0.1, 0.15) is 5.75 Å². The number of thiophene rings is 1. The molecule has 3 aromatic rings. The molecule has 1 amide bonds. The molecule has 11 heteroatoms. The van der Waals surface area contributed by atoms with E-state index in [0.29, 0.717) is 16.6 Å². The number of hydrazone groups is 1. The molecule has 3 rings (SSSR count). The Kier molecular flexibility index (Phi) is 6.28. The first-order valence-corrected chi connectivity index (χ1v) is 9.62. The van der Waals surface area contributed by atoms with E-state index in [1.54, 1.807) is 48.9 Å². The highest BCUT2D eigenvalue weighted by atomic mass is 32.2. The summed E-state index contributed by atoms with van der Waals surface area (Å²) in [6.07, 6.45) is 1.66. The largest absolute Gasteiger partial charge is 0.497 e. The maximum absolute atomic E-state index is 12.1. The molecule has 0 aliphatic carbocycles. The van der Waals surface area contributed by atoms with Gasteiger partial charge < -0.3 is 15.9 Å². The fourth-order valence-electron chi connectivity index (χ4n) is 2.00. The minimum Gasteiger partial charge on any atom is -0.497 e. The lowest BCUT2D eigenvalue weighted by Crippen LogP contribution is -2.16. The summed E-state index contributed by atoms with van der Waals surface area (Å²) in [6.45, 7) is 0. The average molecular weight is 403 g/mol. The lowest BCUT2D eigenvalue weighted by atomic mass is 10.3. The Morgan fingerprint density at radius 2 is 2.30 bits per heavy atom. The molecule has 0 saturated carbocycles. The number of thioether (sulfide) groups is 1. The fourth-order valence-corrected chi connectivity index (χ4v) is 3.24. The first kappa shape index (κ1) is 18.7.